The van der Waals surface area contributed by atoms with Crippen molar-refractivity contribution >= 4 is 10.0 Å². The van der Waals surface area contributed by atoms with Gasteiger partial charge in [-0.2, -0.15) is 0 Å². The Morgan fingerprint density at radius 1 is 1.23 bits per heavy atom. The molecule has 0 bridgehead atoms. The van der Waals surface area contributed by atoms with E-state index in [1.807, 2.05) is 0 Å². The molecule has 0 heterocycles. The number of ether oxygens (including phenoxy) is 1. The van der Waals surface area contributed by atoms with Crippen LogP contribution in [0.3, 0.4) is 0 Å². The highest BCUT2D eigenvalue weighted by molar-refractivity contribution is 7.89. The molecule has 0 spiro atoms. The van der Waals surface area contributed by atoms with Crippen LogP contribution in [0, 0.1) is 17.6 Å². The van der Waals surface area contributed by atoms with E-state index in [4.69, 9.17) is 4.74 Å². The zero-order chi connectivity index (χ0) is 16.2. The molecule has 124 valence electrons. The number of rotatable bonds is 6. The van der Waals surface area contributed by atoms with Crippen LogP contribution in [-0.4, -0.2) is 26.8 Å². The highest BCUT2D eigenvalue weighted by Crippen LogP contribution is 2.26. The summed E-state index contributed by atoms with van der Waals surface area (Å²) < 4.78 is 57.7. The van der Waals surface area contributed by atoms with Crippen molar-refractivity contribution in [3.8, 4) is 5.75 Å². The van der Waals surface area contributed by atoms with E-state index >= 15 is 0 Å². The fourth-order valence-electron chi connectivity index (χ4n) is 2.65. The summed E-state index contributed by atoms with van der Waals surface area (Å²) >= 11 is 0. The molecule has 4 nitrogen and oxygen atoms in total. The van der Waals surface area contributed by atoms with Gasteiger partial charge in [-0.1, -0.05) is 12.8 Å². The van der Waals surface area contributed by atoms with Crippen LogP contribution in [0.4, 0.5) is 8.78 Å². The van der Waals surface area contributed by atoms with Crippen molar-refractivity contribution in [3.05, 3.63) is 29.8 Å². The molecular formula is C15H21F2NO3S. The summed E-state index contributed by atoms with van der Waals surface area (Å²) in [5.74, 6) is -1.55. The minimum atomic E-state index is -3.26. The molecule has 1 N–H and O–H groups in total. The number of nitrogens with one attached hydrogen (secondary N) is 1. The molecule has 22 heavy (non-hydrogen) atoms. The van der Waals surface area contributed by atoms with Crippen molar-refractivity contribution < 1.29 is 21.9 Å². The second-order valence-electron chi connectivity index (χ2n) is 5.56. The van der Waals surface area contributed by atoms with E-state index in [0.717, 1.165) is 37.8 Å². The molecule has 1 fully saturated rings. The number of hydrogen-bond acceptors (Lipinski definition) is 3. The molecule has 0 aliphatic heterocycles. The van der Waals surface area contributed by atoms with Gasteiger partial charge in [0, 0.05) is 18.0 Å². The third-order valence-electron chi connectivity index (χ3n) is 3.98. The van der Waals surface area contributed by atoms with E-state index in [1.165, 1.54) is 6.07 Å². The smallest absolute Gasteiger partial charge is 0.211 e. The normalized spacial score (nSPS) is 22.5. The average Bonchev–Trinajstić information content (AvgIpc) is 2.49. The van der Waals surface area contributed by atoms with Gasteiger partial charge in [-0.05, 0) is 31.9 Å². The number of halogens is 2. The first-order chi connectivity index (χ1) is 10.4. The molecule has 2 rings (SSSR count). The van der Waals surface area contributed by atoms with E-state index < -0.39 is 21.7 Å². The van der Waals surface area contributed by atoms with Crippen molar-refractivity contribution in [1.29, 1.82) is 0 Å². The van der Waals surface area contributed by atoms with Crippen molar-refractivity contribution in [2.24, 2.45) is 5.92 Å². The molecule has 1 aromatic rings. The van der Waals surface area contributed by atoms with Gasteiger partial charge in [0.15, 0.2) is 11.6 Å². The van der Waals surface area contributed by atoms with Crippen LogP contribution in [0.5, 0.6) is 5.75 Å². The van der Waals surface area contributed by atoms with Gasteiger partial charge in [0.25, 0.3) is 0 Å². The summed E-state index contributed by atoms with van der Waals surface area (Å²) in [5, 5.41) is 0. The Kier molecular flexibility index (Phi) is 5.74. The maximum atomic E-state index is 13.1. The van der Waals surface area contributed by atoms with Crippen LogP contribution in [0.25, 0.3) is 0 Å². The largest absolute Gasteiger partial charge is 0.493 e. The quantitative estimate of drug-likeness (QED) is 0.871. The molecule has 2 atom stereocenters. The van der Waals surface area contributed by atoms with E-state index in [0.29, 0.717) is 0 Å². The molecular weight excluding hydrogens is 312 g/mol. The van der Waals surface area contributed by atoms with Crippen molar-refractivity contribution in [3.63, 3.8) is 0 Å². The molecule has 0 amide bonds. The van der Waals surface area contributed by atoms with Crippen LogP contribution in [0.1, 0.15) is 32.6 Å². The second kappa shape index (κ2) is 7.37. The van der Waals surface area contributed by atoms with E-state index in [1.54, 1.807) is 6.92 Å². The fourth-order valence-corrected chi connectivity index (χ4v) is 3.58. The predicted molar refractivity (Wildman–Crippen MR) is 80.2 cm³/mol. The van der Waals surface area contributed by atoms with Gasteiger partial charge < -0.3 is 4.74 Å². The van der Waals surface area contributed by atoms with Gasteiger partial charge >= 0.3 is 0 Å². The van der Waals surface area contributed by atoms with E-state index in [2.05, 4.69) is 4.72 Å². The third kappa shape index (κ3) is 4.64. The van der Waals surface area contributed by atoms with Crippen LogP contribution in [0.2, 0.25) is 0 Å². The summed E-state index contributed by atoms with van der Waals surface area (Å²) in [6, 6.07) is 3.22. The monoisotopic (exact) mass is 333 g/mol. The molecule has 1 aliphatic carbocycles. The molecule has 0 unspecified atom stereocenters. The lowest BCUT2D eigenvalue weighted by Gasteiger charge is -2.31. The molecule has 0 radical (unpaired) electrons. The third-order valence-corrected chi connectivity index (χ3v) is 5.40. The molecule has 1 saturated carbocycles. The highest BCUT2D eigenvalue weighted by atomic mass is 32.2. The Hall–Kier alpha value is -1.21. The zero-order valence-electron chi connectivity index (χ0n) is 12.5. The second-order valence-corrected chi connectivity index (χ2v) is 7.60. The summed E-state index contributed by atoms with van der Waals surface area (Å²) in [6.45, 7) is 1.87. The van der Waals surface area contributed by atoms with Crippen molar-refractivity contribution in [1.82, 2.24) is 4.72 Å². The summed E-state index contributed by atoms with van der Waals surface area (Å²) in [6.07, 6.45) is 3.60. The minimum Gasteiger partial charge on any atom is -0.493 e. The SMILES string of the molecule is CCS(=O)(=O)N[C@@H]1CCCC[C@H]1COc1ccc(F)c(F)c1. The van der Waals surface area contributed by atoms with Gasteiger partial charge in [-0.3, -0.25) is 0 Å². The maximum Gasteiger partial charge on any atom is 0.211 e. The lowest BCUT2D eigenvalue weighted by molar-refractivity contribution is 0.179. The number of sulfonamides is 1. The van der Waals surface area contributed by atoms with Gasteiger partial charge in [-0.15, -0.1) is 0 Å². The summed E-state index contributed by atoms with van der Waals surface area (Å²) in [5.41, 5.74) is 0. The lowest BCUT2D eigenvalue weighted by atomic mass is 9.86. The fraction of sp³-hybridized carbons (Fsp3) is 0.600. The first-order valence-electron chi connectivity index (χ1n) is 7.49. The first kappa shape index (κ1) is 17.1. The van der Waals surface area contributed by atoms with Gasteiger partial charge in [-0.25, -0.2) is 21.9 Å². The van der Waals surface area contributed by atoms with Crippen molar-refractivity contribution in [2.75, 3.05) is 12.4 Å². The Bertz CT molecular complexity index is 607. The topological polar surface area (TPSA) is 55.4 Å². The Morgan fingerprint density at radius 3 is 2.64 bits per heavy atom. The lowest BCUT2D eigenvalue weighted by Crippen LogP contribution is -2.44. The van der Waals surface area contributed by atoms with E-state index in [9.17, 15) is 17.2 Å². The number of benzene rings is 1. The predicted octanol–water partition coefficient (Wildman–Crippen LogP) is 2.84. The highest BCUT2D eigenvalue weighted by Gasteiger charge is 2.28. The maximum absolute atomic E-state index is 13.1. The first-order valence-corrected chi connectivity index (χ1v) is 9.14. The summed E-state index contributed by atoms with van der Waals surface area (Å²) in [4.78, 5) is 0. The Morgan fingerprint density at radius 2 is 1.95 bits per heavy atom. The van der Waals surface area contributed by atoms with E-state index in [-0.39, 0.29) is 30.1 Å². The number of hydrogen-bond donors (Lipinski definition) is 1. The molecule has 1 aliphatic rings. The Labute approximate surface area is 129 Å². The van der Waals surface area contributed by atoms with Crippen molar-refractivity contribution in [2.45, 2.75) is 38.6 Å². The zero-order valence-corrected chi connectivity index (χ0v) is 13.3. The molecule has 1 aromatic carbocycles. The molecule has 7 heteroatoms. The summed E-state index contributed by atoms with van der Waals surface area (Å²) in [7, 11) is -3.26. The molecule has 0 aromatic heterocycles. The van der Waals surface area contributed by atoms with Crippen LogP contribution in [0.15, 0.2) is 18.2 Å². The van der Waals surface area contributed by atoms with Gasteiger partial charge in [0.1, 0.15) is 5.75 Å². The minimum absolute atomic E-state index is 0.0307. The van der Waals surface area contributed by atoms with Gasteiger partial charge in [0.05, 0.1) is 12.4 Å². The average molecular weight is 333 g/mol. The van der Waals surface area contributed by atoms with Gasteiger partial charge in [0.2, 0.25) is 10.0 Å². The van der Waals surface area contributed by atoms with Crippen LogP contribution in [-0.2, 0) is 10.0 Å². The molecule has 0 saturated heterocycles. The Balaban J connectivity index is 1.97. The standard InChI is InChI=1S/C15H21F2NO3S/c1-2-22(19,20)18-15-6-4-3-5-11(15)10-21-12-7-8-13(16)14(17)9-12/h7-9,11,15,18H,2-6,10H2,1H3/t11-,15+/m0/s1. The van der Waals surface area contributed by atoms with Crippen LogP contribution >= 0.6 is 0 Å². The van der Waals surface area contributed by atoms with Crippen LogP contribution < -0.4 is 9.46 Å².